The first-order valence-electron chi connectivity index (χ1n) is 11.6. The molecular formula is C26H33N2O5+. The van der Waals surface area contributed by atoms with Crippen LogP contribution < -0.4 is 9.64 Å². The smallest absolute Gasteiger partial charge is 0.340 e. The van der Waals surface area contributed by atoms with Crippen LogP contribution in [0.3, 0.4) is 0 Å². The number of carbonyl (C=O) groups is 1. The van der Waals surface area contributed by atoms with Crippen molar-refractivity contribution >= 4 is 16.9 Å². The molecule has 1 aliphatic heterocycles. The van der Waals surface area contributed by atoms with Crippen LogP contribution in [0.1, 0.15) is 28.5 Å². The lowest BCUT2D eigenvalue weighted by Crippen LogP contribution is -3.15. The van der Waals surface area contributed by atoms with Crippen LogP contribution in [-0.4, -0.2) is 67.8 Å². The second kappa shape index (κ2) is 10.8. The molecule has 7 heteroatoms. The highest BCUT2D eigenvalue weighted by Crippen LogP contribution is 2.31. The largest absolute Gasteiger partial charge is 0.491 e. The Bertz CT molecular complexity index is 1070. The predicted octanol–water partition coefficient (Wildman–Crippen LogP) is 1.83. The van der Waals surface area contributed by atoms with E-state index >= 15 is 0 Å². The molecule has 7 nitrogen and oxygen atoms in total. The number of aliphatic hydroxyl groups is 1. The van der Waals surface area contributed by atoms with Gasteiger partial charge >= 0.3 is 5.97 Å². The lowest BCUT2D eigenvalue weighted by atomic mass is 10.1. The molecule has 1 saturated heterocycles. The zero-order valence-electron chi connectivity index (χ0n) is 19.4. The number of esters is 1. The number of nitrogens with one attached hydrogen (secondary N) is 1. The van der Waals surface area contributed by atoms with Gasteiger partial charge in [-0.25, -0.2) is 4.79 Å². The molecule has 0 unspecified atom stereocenters. The molecule has 4 rings (SSSR count). The minimum absolute atomic E-state index is 0.203. The molecule has 0 bridgehead atoms. The summed E-state index contributed by atoms with van der Waals surface area (Å²) in [7, 11) is 0. The van der Waals surface area contributed by atoms with E-state index < -0.39 is 6.10 Å². The molecule has 1 atom stereocenters. The van der Waals surface area contributed by atoms with Crippen molar-refractivity contribution in [3.63, 3.8) is 0 Å². The first-order valence-corrected chi connectivity index (χ1v) is 11.6. The van der Waals surface area contributed by atoms with Gasteiger partial charge in [0.15, 0.2) is 0 Å². The van der Waals surface area contributed by atoms with Gasteiger partial charge in [-0.05, 0) is 37.6 Å². The monoisotopic (exact) mass is 453 g/mol. The maximum Gasteiger partial charge on any atom is 0.340 e. The molecule has 33 heavy (non-hydrogen) atoms. The van der Waals surface area contributed by atoms with Crippen molar-refractivity contribution in [2.45, 2.75) is 26.5 Å². The van der Waals surface area contributed by atoms with Gasteiger partial charge in [0.05, 0.1) is 25.4 Å². The third-order valence-electron chi connectivity index (χ3n) is 6.12. The van der Waals surface area contributed by atoms with Crippen molar-refractivity contribution in [1.29, 1.82) is 0 Å². The zero-order valence-corrected chi connectivity index (χ0v) is 19.4. The van der Waals surface area contributed by atoms with Gasteiger partial charge < -0.3 is 28.8 Å². The summed E-state index contributed by atoms with van der Waals surface area (Å²) in [5.74, 6) is 0.292. The predicted molar refractivity (Wildman–Crippen MR) is 126 cm³/mol. The lowest BCUT2D eigenvalue weighted by molar-refractivity contribution is -0.911. The van der Waals surface area contributed by atoms with Crippen LogP contribution in [0.4, 0.5) is 0 Å². The fraction of sp³-hybridized carbons (Fsp3) is 0.423. The third kappa shape index (κ3) is 5.55. The van der Waals surface area contributed by atoms with Gasteiger partial charge in [-0.1, -0.05) is 30.3 Å². The highest BCUT2D eigenvalue weighted by molar-refractivity contribution is 6.06. The van der Waals surface area contributed by atoms with Crippen molar-refractivity contribution < 1.29 is 29.0 Å². The Labute approximate surface area is 194 Å². The minimum atomic E-state index is -0.567. The summed E-state index contributed by atoms with van der Waals surface area (Å²) in [5, 5.41) is 11.2. The van der Waals surface area contributed by atoms with E-state index in [2.05, 4.69) is 16.7 Å². The summed E-state index contributed by atoms with van der Waals surface area (Å²) >= 11 is 0. The molecule has 2 N–H and O–H groups in total. The van der Waals surface area contributed by atoms with E-state index in [1.807, 2.05) is 50.2 Å². The number of quaternary nitrogens is 1. The van der Waals surface area contributed by atoms with E-state index in [1.165, 1.54) is 4.90 Å². The molecule has 176 valence electrons. The number of benzene rings is 2. The Morgan fingerprint density at radius 1 is 1.18 bits per heavy atom. The molecule has 3 aromatic rings. The van der Waals surface area contributed by atoms with E-state index in [0.29, 0.717) is 31.0 Å². The second-order valence-corrected chi connectivity index (χ2v) is 8.46. The third-order valence-corrected chi connectivity index (χ3v) is 6.12. The maximum atomic E-state index is 12.8. The first kappa shape index (κ1) is 23.3. The van der Waals surface area contributed by atoms with Crippen LogP contribution in [0.25, 0.3) is 10.9 Å². The first-order chi connectivity index (χ1) is 16.1. The average molecular weight is 454 g/mol. The molecule has 0 spiro atoms. The van der Waals surface area contributed by atoms with E-state index in [9.17, 15) is 9.90 Å². The summed E-state index contributed by atoms with van der Waals surface area (Å²) in [6.45, 7) is 8.83. The number of aromatic nitrogens is 1. The van der Waals surface area contributed by atoms with Crippen LogP contribution in [-0.2, 0) is 16.0 Å². The van der Waals surface area contributed by atoms with Crippen molar-refractivity contribution in [2.75, 3.05) is 46.1 Å². The quantitative estimate of drug-likeness (QED) is 0.484. The van der Waals surface area contributed by atoms with E-state index in [0.717, 1.165) is 48.5 Å². The molecule has 1 aliphatic rings. The standard InChI is InChI=1S/C26H32N2O5/c1-3-32-26(30)25-19(2)28(16-20-7-5-4-6-8-20)24-10-9-22(15-23(24)25)33-18-21(29)17-27-11-13-31-14-12-27/h4-10,15,21,29H,3,11-14,16-18H2,1-2H3/p+1/t21-/m0/s1. The van der Waals surface area contributed by atoms with Gasteiger partial charge in [0.2, 0.25) is 0 Å². The summed E-state index contributed by atoms with van der Waals surface area (Å²) < 4.78 is 18.8. The lowest BCUT2D eigenvalue weighted by Gasteiger charge is -2.25. The Morgan fingerprint density at radius 3 is 2.67 bits per heavy atom. The number of carbonyl (C=O) groups excluding carboxylic acids is 1. The summed E-state index contributed by atoms with van der Waals surface area (Å²) in [5.41, 5.74) is 3.53. The van der Waals surface area contributed by atoms with Crippen molar-refractivity contribution in [3.05, 3.63) is 65.4 Å². The summed E-state index contributed by atoms with van der Waals surface area (Å²) in [4.78, 5) is 14.1. The van der Waals surface area contributed by atoms with Gasteiger partial charge in [0.25, 0.3) is 0 Å². The molecule has 1 fully saturated rings. The molecular weight excluding hydrogens is 420 g/mol. The second-order valence-electron chi connectivity index (χ2n) is 8.46. The van der Waals surface area contributed by atoms with Gasteiger partial charge in [0, 0.05) is 23.1 Å². The van der Waals surface area contributed by atoms with Crippen molar-refractivity contribution in [2.24, 2.45) is 0 Å². The summed E-state index contributed by atoms with van der Waals surface area (Å²) in [6.07, 6.45) is -0.567. The number of hydrogen-bond donors (Lipinski definition) is 2. The highest BCUT2D eigenvalue weighted by atomic mass is 16.5. The fourth-order valence-electron chi connectivity index (χ4n) is 4.43. The number of aliphatic hydroxyl groups excluding tert-OH is 1. The van der Waals surface area contributed by atoms with Gasteiger partial charge in [0.1, 0.15) is 38.1 Å². The van der Waals surface area contributed by atoms with Crippen LogP contribution in [0.2, 0.25) is 0 Å². The van der Waals surface area contributed by atoms with E-state index in [4.69, 9.17) is 14.2 Å². The Balaban J connectivity index is 1.57. The molecule has 0 radical (unpaired) electrons. The number of nitrogens with zero attached hydrogens (tertiary/aromatic N) is 1. The molecule has 2 heterocycles. The van der Waals surface area contributed by atoms with Crippen LogP contribution >= 0.6 is 0 Å². The Kier molecular flexibility index (Phi) is 7.65. The zero-order chi connectivity index (χ0) is 23.2. The van der Waals surface area contributed by atoms with E-state index in [-0.39, 0.29) is 12.6 Å². The number of morpholine rings is 1. The minimum Gasteiger partial charge on any atom is -0.491 e. The van der Waals surface area contributed by atoms with Crippen LogP contribution in [0, 0.1) is 6.92 Å². The number of hydrogen-bond acceptors (Lipinski definition) is 5. The molecule has 0 amide bonds. The topological polar surface area (TPSA) is 74.4 Å². The number of fused-ring (bicyclic) bond motifs is 1. The van der Waals surface area contributed by atoms with Gasteiger partial charge in [-0.3, -0.25) is 0 Å². The highest BCUT2D eigenvalue weighted by Gasteiger charge is 2.23. The van der Waals surface area contributed by atoms with E-state index in [1.54, 1.807) is 0 Å². The SMILES string of the molecule is CCOC(=O)c1c(C)n(Cc2ccccc2)c2ccc(OC[C@@H](O)C[NH+]3CCOCC3)cc12. The number of ether oxygens (including phenoxy) is 3. The van der Waals surface area contributed by atoms with Crippen molar-refractivity contribution in [3.8, 4) is 5.75 Å². The molecule has 1 aromatic heterocycles. The summed E-state index contributed by atoms with van der Waals surface area (Å²) in [6, 6.07) is 15.9. The van der Waals surface area contributed by atoms with Crippen LogP contribution in [0.15, 0.2) is 48.5 Å². The van der Waals surface area contributed by atoms with Gasteiger partial charge in [-0.15, -0.1) is 0 Å². The molecule has 0 saturated carbocycles. The Hall–Kier alpha value is -2.87. The fourth-order valence-corrected chi connectivity index (χ4v) is 4.43. The Morgan fingerprint density at radius 2 is 1.94 bits per heavy atom. The average Bonchev–Trinajstić information content (AvgIpc) is 3.10. The maximum absolute atomic E-state index is 12.8. The normalized spacial score (nSPS) is 15.5. The molecule has 0 aliphatic carbocycles. The molecule has 2 aromatic carbocycles. The van der Waals surface area contributed by atoms with Gasteiger partial charge in [-0.2, -0.15) is 0 Å². The van der Waals surface area contributed by atoms with Crippen molar-refractivity contribution in [1.82, 2.24) is 4.57 Å². The van der Waals surface area contributed by atoms with Crippen LogP contribution in [0.5, 0.6) is 5.75 Å². The number of rotatable bonds is 9.